The van der Waals surface area contributed by atoms with Crippen molar-refractivity contribution in [3.63, 3.8) is 0 Å². The molecule has 0 bridgehead atoms. The third kappa shape index (κ3) is 3.16. The lowest BCUT2D eigenvalue weighted by atomic mass is 10.0. The summed E-state index contributed by atoms with van der Waals surface area (Å²) in [4.78, 5) is 12.8. The molecule has 0 heterocycles. The molecular weight excluding hydrogens is 242 g/mol. The van der Waals surface area contributed by atoms with E-state index < -0.39 is 17.7 Å². The van der Waals surface area contributed by atoms with E-state index in [0.717, 1.165) is 12.1 Å². The van der Waals surface area contributed by atoms with E-state index in [1.54, 1.807) is 14.1 Å². The second kappa shape index (κ2) is 5.77. The van der Waals surface area contributed by atoms with Gasteiger partial charge in [0.15, 0.2) is 11.6 Å². The minimum Gasteiger partial charge on any atom is -0.494 e. The van der Waals surface area contributed by atoms with Crippen LogP contribution in [0.5, 0.6) is 5.75 Å². The molecule has 0 spiro atoms. The van der Waals surface area contributed by atoms with Crippen LogP contribution in [-0.2, 0) is 4.79 Å². The van der Waals surface area contributed by atoms with Crippen LogP contribution in [0.15, 0.2) is 12.1 Å². The molecular formula is C12H16F2N2O2. The summed E-state index contributed by atoms with van der Waals surface area (Å²) in [6, 6.07) is 0.993. The van der Waals surface area contributed by atoms with Gasteiger partial charge in [0.1, 0.15) is 5.82 Å². The molecule has 18 heavy (non-hydrogen) atoms. The zero-order chi connectivity index (χ0) is 13.9. The third-order valence-electron chi connectivity index (χ3n) is 2.56. The fraction of sp³-hybridized carbons (Fsp3) is 0.417. The van der Waals surface area contributed by atoms with Gasteiger partial charge in [-0.15, -0.1) is 0 Å². The number of nitrogens with two attached hydrogens (primary N) is 1. The second-order valence-electron chi connectivity index (χ2n) is 4.11. The van der Waals surface area contributed by atoms with Gasteiger partial charge in [-0.25, -0.2) is 8.78 Å². The van der Waals surface area contributed by atoms with Crippen molar-refractivity contribution in [3.8, 4) is 5.75 Å². The minimum atomic E-state index is -0.889. The monoisotopic (exact) mass is 258 g/mol. The first-order valence-electron chi connectivity index (χ1n) is 5.35. The predicted octanol–water partition coefficient (Wildman–Crippen LogP) is 1.45. The van der Waals surface area contributed by atoms with Gasteiger partial charge in [0.2, 0.25) is 5.91 Å². The number of hydrogen-bond acceptors (Lipinski definition) is 3. The Bertz CT molecular complexity index is 450. The highest BCUT2D eigenvalue weighted by Gasteiger charge is 2.19. The van der Waals surface area contributed by atoms with Crippen LogP contribution in [0.1, 0.15) is 18.0 Å². The van der Waals surface area contributed by atoms with E-state index in [9.17, 15) is 13.6 Å². The smallest absolute Gasteiger partial charge is 0.223 e. The van der Waals surface area contributed by atoms with Crippen molar-refractivity contribution in [3.05, 3.63) is 29.3 Å². The number of ether oxygens (including phenoxy) is 1. The topological polar surface area (TPSA) is 55.6 Å². The molecule has 2 N–H and O–H groups in total. The second-order valence-corrected chi connectivity index (χ2v) is 4.11. The number of benzene rings is 1. The number of carbonyl (C=O) groups excluding carboxylic acids is 1. The molecule has 0 aliphatic rings. The van der Waals surface area contributed by atoms with Crippen LogP contribution in [0, 0.1) is 11.6 Å². The maximum atomic E-state index is 13.7. The van der Waals surface area contributed by atoms with Gasteiger partial charge < -0.3 is 15.4 Å². The van der Waals surface area contributed by atoms with Gasteiger partial charge in [-0.1, -0.05) is 0 Å². The Kier molecular flexibility index (Phi) is 4.61. The highest BCUT2D eigenvalue weighted by atomic mass is 19.1. The summed E-state index contributed by atoms with van der Waals surface area (Å²) in [7, 11) is 4.38. The van der Waals surface area contributed by atoms with Gasteiger partial charge >= 0.3 is 0 Å². The van der Waals surface area contributed by atoms with E-state index in [0.29, 0.717) is 0 Å². The lowest BCUT2D eigenvalue weighted by Gasteiger charge is -2.16. The molecule has 1 unspecified atom stereocenters. The molecule has 100 valence electrons. The summed E-state index contributed by atoms with van der Waals surface area (Å²) < 4.78 is 31.8. The van der Waals surface area contributed by atoms with Gasteiger partial charge in [-0.3, -0.25) is 4.79 Å². The maximum Gasteiger partial charge on any atom is 0.223 e. The van der Waals surface area contributed by atoms with Crippen LogP contribution in [0.25, 0.3) is 0 Å². The molecule has 1 atom stereocenters. The predicted molar refractivity (Wildman–Crippen MR) is 63.1 cm³/mol. The summed E-state index contributed by atoms with van der Waals surface area (Å²) in [6.45, 7) is 0. The SMILES string of the molecule is COc1cc(F)c(C(N)CC(=O)N(C)C)cc1F. The number of nitrogens with zero attached hydrogens (tertiary/aromatic N) is 1. The summed E-state index contributed by atoms with van der Waals surface area (Å²) in [6.07, 6.45) is -0.0876. The molecule has 6 heteroatoms. The van der Waals surface area contributed by atoms with E-state index >= 15 is 0 Å². The number of halogens is 2. The van der Waals surface area contributed by atoms with Gasteiger partial charge in [0, 0.05) is 38.2 Å². The van der Waals surface area contributed by atoms with E-state index in [1.165, 1.54) is 12.0 Å². The number of methoxy groups -OCH3 is 1. The molecule has 0 fully saturated rings. The quantitative estimate of drug-likeness (QED) is 0.889. The fourth-order valence-corrected chi connectivity index (χ4v) is 1.47. The minimum absolute atomic E-state index is 0.0384. The van der Waals surface area contributed by atoms with Gasteiger partial charge in [-0.05, 0) is 6.07 Å². The molecule has 0 saturated carbocycles. The first-order chi connectivity index (χ1) is 8.36. The number of rotatable bonds is 4. The molecule has 0 aliphatic carbocycles. The third-order valence-corrected chi connectivity index (χ3v) is 2.56. The van der Waals surface area contributed by atoms with Crippen molar-refractivity contribution in [1.82, 2.24) is 4.90 Å². The standard InChI is InChI=1S/C12H16F2N2O2/c1-16(2)12(17)6-10(15)7-4-9(14)11(18-3)5-8(7)13/h4-5,10H,6,15H2,1-3H3. The Balaban J connectivity index is 2.96. The van der Waals surface area contributed by atoms with E-state index in [2.05, 4.69) is 4.74 Å². The van der Waals surface area contributed by atoms with Crippen LogP contribution in [0.3, 0.4) is 0 Å². The fourth-order valence-electron chi connectivity index (χ4n) is 1.47. The van der Waals surface area contributed by atoms with E-state index in [1.807, 2.05) is 0 Å². The van der Waals surface area contributed by atoms with Crippen molar-refractivity contribution < 1.29 is 18.3 Å². The average molecular weight is 258 g/mol. The normalized spacial score (nSPS) is 12.1. The van der Waals surface area contributed by atoms with E-state index in [4.69, 9.17) is 5.73 Å². The Hall–Kier alpha value is -1.69. The summed E-state index contributed by atoms with van der Waals surface area (Å²) in [5.41, 5.74) is 5.66. The molecule has 0 saturated heterocycles. The molecule has 1 aromatic carbocycles. The largest absolute Gasteiger partial charge is 0.494 e. The molecule has 1 aromatic rings. The summed E-state index contributed by atoms with van der Waals surface area (Å²) >= 11 is 0. The van der Waals surface area contributed by atoms with Crippen LogP contribution >= 0.6 is 0 Å². The van der Waals surface area contributed by atoms with Crippen molar-refractivity contribution in [1.29, 1.82) is 0 Å². The first-order valence-corrected chi connectivity index (χ1v) is 5.35. The van der Waals surface area contributed by atoms with Gasteiger partial charge in [-0.2, -0.15) is 0 Å². The molecule has 1 amide bonds. The Morgan fingerprint density at radius 3 is 2.50 bits per heavy atom. The number of hydrogen-bond donors (Lipinski definition) is 1. The highest BCUT2D eigenvalue weighted by molar-refractivity contribution is 5.76. The van der Waals surface area contributed by atoms with Crippen LogP contribution < -0.4 is 10.5 Å². The van der Waals surface area contributed by atoms with Gasteiger partial charge in [0.05, 0.1) is 7.11 Å². The van der Waals surface area contributed by atoms with Crippen molar-refractivity contribution in [2.45, 2.75) is 12.5 Å². The zero-order valence-corrected chi connectivity index (χ0v) is 10.5. The Morgan fingerprint density at radius 1 is 1.39 bits per heavy atom. The Morgan fingerprint density at radius 2 is 2.00 bits per heavy atom. The van der Waals surface area contributed by atoms with Crippen molar-refractivity contribution >= 4 is 5.91 Å². The maximum absolute atomic E-state index is 13.7. The lowest BCUT2D eigenvalue weighted by Crippen LogP contribution is -2.27. The highest BCUT2D eigenvalue weighted by Crippen LogP contribution is 2.26. The molecule has 1 rings (SSSR count). The Labute approximate surface area is 104 Å². The van der Waals surface area contributed by atoms with Crippen molar-refractivity contribution in [2.24, 2.45) is 5.73 Å². The molecule has 0 aromatic heterocycles. The summed E-state index contributed by atoms with van der Waals surface area (Å²) in [5.74, 6) is -1.84. The number of amides is 1. The lowest BCUT2D eigenvalue weighted by molar-refractivity contribution is -0.129. The van der Waals surface area contributed by atoms with Crippen LogP contribution in [-0.4, -0.2) is 32.0 Å². The van der Waals surface area contributed by atoms with Crippen LogP contribution in [0.4, 0.5) is 8.78 Å². The van der Waals surface area contributed by atoms with Crippen LogP contribution in [0.2, 0.25) is 0 Å². The average Bonchev–Trinajstić information content (AvgIpc) is 2.31. The summed E-state index contributed by atoms with van der Waals surface area (Å²) in [5, 5.41) is 0. The zero-order valence-electron chi connectivity index (χ0n) is 10.5. The van der Waals surface area contributed by atoms with E-state index in [-0.39, 0.29) is 23.6 Å². The number of carbonyl (C=O) groups is 1. The first kappa shape index (κ1) is 14.4. The van der Waals surface area contributed by atoms with Gasteiger partial charge in [0.25, 0.3) is 0 Å². The van der Waals surface area contributed by atoms with Crippen molar-refractivity contribution in [2.75, 3.05) is 21.2 Å². The molecule has 0 radical (unpaired) electrons. The molecule has 0 aliphatic heterocycles. The molecule has 4 nitrogen and oxygen atoms in total.